The molecule has 0 radical (unpaired) electrons. The minimum atomic E-state index is 0.527. The van der Waals surface area contributed by atoms with Gasteiger partial charge in [-0.1, -0.05) is 158 Å². The van der Waals surface area contributed by atoms with Crippen LogP contribution >= 0.6 is 0 Å². The summed E-state index contributed by atoms with van der Waals surface area (Å²) in [4.78, 5) is 26.1. The number of hydrogen-bond acceptors (Lipinski definition) is 6. The fourth-order valence-corrected chi connectivity index (χ4v) is 8.53. The summed E-state index contributed by atoms with van der Waals surface area (Å²) in [6, 6.07) is 70.5. The number of fused-ring (bicyclic) bond motifs is 6. The first-order valence-electron chi connectivity index (χ1n) is 20.6. The molecule has 0 amide bonds. The molecular formula is C55H34N6O. The Bertz CT molecular complexity index is 3560. The zero-order valence-electron chi connectivity index (χ0n) is 33.2. The molecule has 0 spiro atoms. The first-order valence-corrected chi connectivity index (χ1v) is 20.6. The van der Waals surface area contributed by atoms with E-state index in [9.17, 15) is 0 Å². The van der Waals surface area contributed by atoms with Gasteiger partial charge in [-0.3, -0.25) is 0 Å². The molecule has 0 aliphatic rings. The molecule has 7 heteroatoms. The van der Waals surface area contributed by atoms with Gasteiger partial charge in [-0.05, 0) is 59.7 Å². The van der Waals surface area contributed by atoms with Crippen LogP contribution in [0, 0.1) is 0 Å². The van der Waals surface area contributed by atoms with Crippen LogP contribution in [0.2, 0.25) is 0 Å². The van der Waals surface area contributed by atoms with Crippen molar-refractivity contribution < 1.29 is 4.42 Å². The van der Waals surface area contributed by atoms with Crippen molar-refractivity contribution in [3.8, 4) is 73.6 Å². The Hall–Kier alpha value is -8.55. The third-order valence-corrected chi connectivity index (χ3v) is 11.5. The van der Waals surface area contributed by atoms with Gasteiger partial charge in [-0.15, -0.1) is 0 Å². The maximum atomic E-state index is 6.46. The molecule has 0 saturated heterocycles. The molecule has 62 heavy (non-hydrogen) atoms. The Labute approximate surface area is 356 Å². The fraction of sp³-hybridized carbons (Fsp3) is 0. The van der Waals surface area contributed by atoms with Crippen molar-refractivity contribution in [1.29, 1.82) is 0 Å². The number of hydrogen-bond donors (Lipinski definition) is 0. The lowest BCUT2D eigenvalue weighted by Crippen LogP contribution is -2.04. The standard InChI is InChI=1S/C55H34N6O/c1-5-17-35(18-6-1)39-29-31-46-43(33-39)41-25-13-15-27-45(41)61(46)47-32-30-40(54-56-49(36-19-7-2-8-20-36)51-50(57-54)42-26-14-16-28-48(42)62-51)34-44(47)55-59-52(37-21-9-3-10-22-37)58-53(60-55)38-23-11-4-12-24-38/h1-34H. The molecule has 4 heterocycles. The monoisotopic (exact) mass is 794 g/mol. The predicted octanol–water partition coefficient (Wildman–Crippen LogP) is 13.7. The zero-order chi connectivity index (χ0) is 41.0. The highest BCUT2D eigenvalue weighted by atomic mass is 16.3. The summed E-state index contributed by atoms with van der Waals surface area (Å²) in [6.07, 6.45) is 0. The second kappa shape index (κ2) is 14.6. The topological polar surface area (TPSA) is 82.5 Å². The lowest BCUT2D eigenvalue weighted by atomic mass is 10.0. The lowest BCUT2D eigenvalue weighted by molar-refractivity contribution is 0.667. The highest BCUT2D eigenvalue weighted by Crippen LogP contribution is 2.41. The summed E-state index contributed by atoms with van der Waals surface area (Å²) in [7, 11) is 0. The van der Waals surface area contributed by atoms with Gasteiger partial charge in [-0.25, -0.2) is 24.9 Å². The van der Waals surface area contributed by atoms with Gasteiger partial charge in [0.15, 0.2) is 28.9 Å². The van der Waals surface area contributed by atoms with Crippen molar-refractivity contribution in [3.05, 3.63) is 206 Å². The molecule has 0 atom stereocenters. The Kier molecular flexibility index (Phi) is 8.35. The van der Waals surface area contributed by atoms with Crippen molar-refractivity contribution in [1.82, 2.24) is 29.5 Å². The number of benzene rings is 8. The van der Waals surface area contributed by atoms with Crippen LogP contribution in [0.5, 0.6) is 0 Å². The van der Waals surface area contributed by atoms with Crippen LogP contribution in [0.15, 0.2) is 211 Å². The van der Waals surface area contributed by atoms with Crippen molar-refractivity contribution in [3.63, 3.8) is 0 Å². The number of rotatable bonds is 7. The quantitative estimate of drug-likeness (QED) is 0.160. The van der Waals surface area contributed by atoms with Crippen LogP contribution in [0.4, 0.5) is 0 Å². The summed E-state index contributed by atoms with van der Waals surface area (Å²) in [6.45, 7) is 0. The molecule has 0 unspecified atom stereocenters. The lowest BCUT2D eigenvalue weighted by Gasteiger charge is -2.16. The van der Waals surface area contributed by atoms with Crippen molar-refractivity contribution in [2.75, 3.05) is 0 Å². The minimum absolute atomic E-state index is 0.527. The van der Waals surface area contributed by atoms with Crippen LogP contribution in [-0.2, 0) is 0 Å². The third-order valence-electron chi connectivity index (χ3n) is 11.5. The van der Waals surface area contributed by atoms with E-state index >= 15 is 0 Å². The van der Waals surface area contributed by atoms with E-state index < -0.39 is 0 Å². The van der Waals surface area contributed by atoms with Crippen LogP contribution < -0.4 is 0 Å². The van der Waals surface area contributed by atoms with E-state index in [1.165, 1.54) is 5.56 Å². The van der Waals surface area contributed by atoms with Gasteiger partial charge >= 0.3 is 0 Å². The highest BCUT2D eigenvalue weighted by Gasteiger charge is 2.23. The van der Waals surface area contributed by atoms with E-state index in [0.717, 1.165) is 83.1 Å². The van der Waals surface area contributed by atoms with E-state index in [2.05, 4.69) is 108 Å². The minimum Gasteiger partial charge on any atom is -0.452 e. The second-order valence-electron chi connectivity index (χ2n) is 15.3. The van der Waals surface area contributed by atoms with Crippen LogP contribution in [0.1, 0.15) is 0 Å². The van der Waals surface area contributed by atoms with Crippen molar-refractivity contribution in [2.24, 2.45) is 0 Å². The van der Waals surface area contributed by atoms with Gasteiger partial charge in [0, 0.05) is 44.0 Å². The summed E-state index contributed by atoms with van der Waals surface area (Å²) in [5.41, 5.74) is 12.6. The van der Waals surface area contributed by atoms with Crippen LogP contribution in [-0.4, -0.2) is 29.5 Å². The molecule has 0 N–H and O–H groups in total. The van der Waals surface area contributed by atoms with E-state index in [1.807, 2.05) is 103 Å². The van der Waals surface area contributed by atoms with Crippen molar-refractivity contribution >= 4 is 43.9 Å². The summed E-state index contributed by atoms with van der Waals surface area (Å²) in [5, 5.41) is 3.22. The average molecular weight is 795 g/mol. The zero-order valence-corrected chi connectivity index (χ0v) is 33.2. The molecule has 0 aliphatic heterocycles. The molecule has 4 aromatic heterocycles. The summed E-state index contributed by atoms with van der Waals surface area (Å²) in [5.74, 6) is 2.24. The Morgan fingerprint density at radius 3 is 1.56 bits per heavy atom. The van der Waals surface area contributed by atoms with Gasteiger partial charge in [-0.2, -0.15) is 0 Å². The Morgan fingerprint density at radius 1 is 0.339 bits per heavy atom. The Morgan fingerprint density at radius 2 is 0.871 bits per heavy atom. The largest absolute Gasteiger partial charge is 0.452 e. The van der Waals surface area contributed by atoms with E-state index in [1.54, 1.807) is 0 Å². The number of aromatic nitrogens is 6. The first-order chi connectivity index (χ1) is 30.7. The Balaban J connectivity index is 1.15. The normalized spacial score (nSPS) is 11.5. The van der Waals surface area contributed by atoms with E-state index in [0.29, 0.717) is 28.9 Å². The highest BCUT2D eigenvalue weighted by molar-refractivity contribution is 6.11. The molecular weight excluding hydrogens is 761 g/mol. The van der Waals surface area contributed by atoms with Crippen LogP contribution in [0.3, 0.4) is 0 Å². The molecule has 0 aliphatic carbocycles. The molecule has 290 valence electrons. The predicted molar refractivity (Wildman–Crippen MR) is 250 cm³/mol. The third kappa shape index (κ3) is 6.02. The van der Waals surface area contributed by atoms with E-state index in [-0.39, 0.29) is 0 Å². The summed E-state index contributed by atoms with van der Waals surface area (Å²) >= 11 is 0. The van der Waals surface area contributed by atoms with E-state index in [4.69, 9.17) is 29.3 Å². The van der Waals surface area contributed by atoms with Gasteiger partial charge in [0.25, 0.3) is 0 Å². The van der Waals surface area contributed by atoms with Gasteiger partial charge in [0.2, 0.25) is 0 Å². The number of furan rings is 1. The average Bonchev–Trinajstić information content (AvgIpc) is 3.90. The summed E-state index contributed by atoms with van der Waals surface area (Å²) < 4.78 is 8.79. The molecule has 7 nitrogen and oxygen atoms in total. The molecule has 0 bridgehead atoms. The molecule has 12 aromatic rings. The second-order valence-corrected chi connectivity index (χ2v) is 15.3. The van der Waals surface area contributed by atoms with Crippen LogP contribution in [0.25, 0.3) is 117 Å². The molecule has 0 saturated carbocycles. The maximum Gasteiger partial charge on any atom is 0.180 e. The van der Waals surface area contributed by atoms with Crippen molar-refractivity contribution in [2.45, 2.75) is 0 Å². The number of para-hydroxylation sites is 2. The van der Waals surface area contributed by atoms with Gasteiger partial charge < -0.3 is 8.98 Å². The fourth-order valence-electron chi connectivity index (χ4n) is 8.53. The molecule has 12 rings (SSSR count). The molecule has 0 fully saturated rings. The van der Waals surface area contributed by atoms with Gasteiger partial charge in [0.05, 0.1) is 16.7 Å². The number of nitrogens with zero attached hydrogens (tertiary/aromatic N) is 6. The maximum absolute atomic E-state index is 6.46. The van der Waals surface area contributed by atoms with Gasteiger partial charge in [0.1, 0.15) is 16.8 Å². The smallest absolute Gasteiger partial charge is 0.180 e. The first kappa shape index (κ1) is 35.4. The SMILES string of the molecule is c1ccc(-c2ccc3c(c2)c2ccccc2n3-c2ccc(-c3nc(-c4ccccc4)c4oc5ccccc5c4n3)cc2-c2nc(-c3ccccc3)nc(-c3ccccc3)n2)cc1. The molecule has 8 aromatic carbocycles.